The summed E-state index contributed by atoms with van der Waals surface area (Å²) < 4.78 is 15.9. The zero-order valence-corrected chi connectivity index (χ0v) is 17.4. The van der Waals surface area contributed by atoms with Crippen molar-refractivity contribution in [2.24, 2.45) is 0 Å². The normalized spacial score (nSPS) is 15.1. The van der Waals surface area contributed by atoms with E-state index in [0.29, 0.717) is 0 Å². The Balaban J connectivity index is 1.82. The summed E-state index contributed by atoms with van der Waals surface area (Å²) in [6.07, 6.45) is 0.946. The van der Waals surface area contributed by atoms with Crippen LogP contribution in [-0.4, -0.2) is 34.1 Å². The Bertz CT molecular complexity index is 922. The molecule has 4 heteroatoms. The summed E-state index contributed by atoms with van der Waals surface area (Å²) in [6, 6.07) is 17.9. The van der Waals surface area contributed by atoms with Crippen LogP contribution in [0.3, 0.4) is 0 Å². The Kier molecular flexibility index (Phi) is 5.88. The molecule has 1 aromatic heterocycles. The summed E-state index contributed by atoms with van der Waals surface area (Å²) in [6.45, 7) is 7.60. The van der Waals surface area contributed by atoms with Gasteiger partial charge in [0.25, 0.3) is 0 Å². The summed E-state index contributed by atoms with van der Waals surface area (Å²) in [5, 5.41) is 0. The van der Waals surface area contributed by atoms with E-state index >= 15 is 0 Å². The lowest BCUT2D eigenvalue weighted by Gasteiger charge is -2.26. The third kappa shape index (κ3) is 4.03. The summed E-state index contributed by atoms with van der Waals surface area (Å²) >= 11 is 2.04. The standard InChI is InChI=1S/C24H27FN2S/c1-3-23-20(17-26-12-14-28-15-13-26)16-24(19-6-4-18(2)5-7-19)27(23)22-10-8-21(25)9-11-22/h4-11,16H,3,12-15,17H2,1-2H3. The fourth-order valence-corrected chi connectivity index (χ4v) is 4.92. The van der Waals surface area contributed by atoms with Crippen molar-refractivity contribution in [1.29, 1.82) is 0 Å². The molecule has 0 atom stereocenters. The van der Waals surface area contributed by atoms with Gasteiger partial charge in [0.2, 0.25) is 0 Å². The van der Waals surface area contributed by atoms with E-state index in [1.54, 1.807) is 12.1 Å². The second kappa shape index (κ2) is 8.54. The van der Waals surface area contributed by atoms with Gasteiger partial charge in [0, 0.05) is 42.5 Å². The average Bonchev–Trinajstić information content (AvgIpc) is 3.08. The number of aromatic nitrogens is 1. The number of benzene rings is 2. The highest BCUT2D eigenvalue weighted by atomic mass is 32.2. The van der Waals surface area contributed by atoms with Crippen molar-refractivity contribution in [2.75, 3.05) is 24.6 Å². The van der Waals surface area contributed by atoms with Gasteiger partial charge in [-0.05, 0) is 54.8 Å². The van der Waals surface area contributed by atoms with E-state index in [9.17, 15) is 4.39 Å². The van der Waals surface area contributed by atoms with Crippen LogP contribution >= 0.6 is 11.8 Å². The first-order chi connectivity index (χ1) is 13.7. The van der Waals surface area contributed by atoms with Gasteiger partial charge in [-0.15, -0.1) is 0 Å². The minimum Gasteiger partial charge on any atom is -0.313 e. The Morgan fingerprint density at radius 2 is 1.64 bits per heavy atom. The molecule has 4 rings (SSSR count). The van der Waals surface area contributed by atoms with Gasteiger partial charge < -0.3 is 4.57 Å². The average molecular weight is 395 g/mol. The minimum absolute atomic E-state index is 0.197. The molecule has 2 aromatic carbocycles. The third-order valence-corrected chi connectivity index (χ3v) is 6.40. The first-order valence-corrected chi connectivity index (χ1v) is 11.2. The molecule has 1 aliphatic rings. The Morgan fingerprint density at radius 1 is 0.964 bits per heavy atom. The number of halogens is 1. The van der Waals surface area contributed by atoms with E-state index in [1.165, 1.54) is 39.6 Å². The predicted molar refractivity (Wildman–Crippen MR) is 118 cm³/mol. The molecule has 1 aliphatic heterocycles. The first kappa shape index (κ1) is 19.3. The number of nitrogens with zero attached hydrogens (tertiary/aromatic N) is 2. The zero-order chi connectivity index (χ0) is 19.5. The van der Waals surface area contributed by atoms with Gasteiger partial charge in [0.1, 0.15) is 5.82 Å². The van der Waals surface area contributed by atoms with Crippen molar-refractivity contribution in [2.45, 2.75) is 26.8 Å². The lowest BCUT2D eigenvalue weighted by molar-refractivity contribution is 0.294. The Morgan fingerprint density at radius 3 is 2.29 bits per heavy atom. The van der Waals surface area contributed by atoms with Crippen molar-refractivity contribution < 1.29 is 4.39 Å². The molecule has 1 saturated heterocycles. The van der Waals surface area contributed by atoms with E-state index in [2.05, 4.69) is 53.6 Å². The van der Waals surface area contributed by atoms with Crippen molar-refractivity contribution in [3.8, 4) is 16.9 Å². The monoisotopic (exact) mass is 394 g/mol. The molecule has 146 valence electrons. The van der Waals surface area contributed by atoms with Crippen molar-refractivity contribution in [3.05, 3.63) is 77.2 Å². The molecule has 1 fully saturated rings. The Hall–Kier alpha value is -2.04. The van der Waals surface area contributed by atoms with Crippen molar-refractivity contribution in [3.63, 3.8) is 0 Å². The van der Waals surface area contributed by atoms with Gasteiger partial charge in [0.15, 0.2) is 0 Å². The fourth-order valence-electron chi connectivity index (χ4n) is 3.95. The first-order valence-electron chi connectivity index (χ1n) is 10.0. The highest BCUT2D eigenvalue weighted by molar-refractivity contribution is 7.99. The molecule has 28 heavy (non-hydrogen) atoms. The highest BCUT2D eigenvalue weighted by Gasteiger charge is 2.19. The number of aryl methyl sites for hydroxylation is 1. The molecule has 0 N–H and O–H groups in total. The van der Waals surface area contributed by atoms with Crippen LogP contribution in [0, 0.1) is 12.7 Å². The van der Waals surface area contributed by atoms with Gasteiger partial charge in [-0.1, -0.05) is 36.8 Å². The zero-order valence-electron chi connectivity index (χ0n) is 16.6. The third-order valence-electron chi connectivity index (χ3n) is 5.46. The molecule has 2 heterocycles. The summed E-state index contributed by atoms with van der Waals surface area (Å²) in [7, 11) is 0. The van der Waals surface area contributed by atoms with Crippen LogP contribution in [0.25, 0.3) is 16.9 Å². The predicted octanol–water partition coefficient (Wildman–Crippen LogP) is 5.70. The fraction of sp³-hybridized carbons (Fsp3) is 0.333. The number of thioether (sulfide) groups is 1. The molecule has 0 radical (unpaired) electrons. The lowest BCUT2D eigenvalue weighted by Crippen LogP contribution is -2.32. The van der Waals surface area contributed by atoms with E-state index in [-0.39, 0.29) is 5.82 Å². The van der Waals surface area contributed by atoms with Gasteiger partial charge in [0.05, 0.1) is 5.69 Å². The molecule has 0 bridgehead atoms. The smallest absolute Gasteiger partial charge is 0.123 e. The number of hydrogen-bond acceptors (Lipinski definition) is 2. The summed E-state index contributed by atoms with van der Waals surface area (Å²) in [4.78, 5) is 2.55. The SMILES string of the molecule is CCc1c(CN2CCSCC2)cc(-c2ccc(C)cc2)n1-c1ccc(F)cc1. The van der Waals surface area contributed by atoms with E-state index in [1.807, 2.05) is 23.9 Å². The topological polar surface area (TPSA) is 8.17 Å². The lowest BCUT2D eigenvalue weighted by atomic mass is 10.1. The van der Waals surface area contributed by atoms with Gasteiger partial charge in [-0.2, -0.15) is 11.8 Å². The number of rotatable bonds is 5. The van der Waals surface area contributed by atoms with Crippen LogP contribution < -0.4 is 0 Å². The molecule has 0 saturated carbocycles. The largest absolute Gasteiger partial charge is 0.313 e. The van der Waals surface area contributed by atoms with Crippen molar-refractivity contribution in [1.82, 2.24) is 9.47 Å². The molecule has 0 aliphatic carbocycles. The van der Waals surface area contributed by atoms with Crippen LogP contribution in [0.2, 0.25) is 0 Å². The van der Waals surface area contributed by atoms with E-state index < -0.39 is 0 Å². The molecule has 0 amide bonds. The molecular formula is C24H27FN2S. The minimum atomic E-state index is -0.197. The molecule has 0 unspecified atom stereocenters. The van der Waals surface area contributed by atoms with Gasteiger partial charge >= 0.3 is 0 Å². The van der Waals surface area contributed by atoms with Crippen LogP contribution in [0.1, 0.15) is 23.7 Å². The quantitative estimate of drug-likeness (QED) is 0.548. The maximum Gasteiger partial charge on any atom is 0.123 e. The molecular weight excluding hydrogens is 367 g/mol. The van der Waals surface area contributed by atoms with Gasteiger partial charge in [-0.25, -0.2) is 4.39 Å². The maximum atomic E-state index is 13.5. The van der Waals surface area contributed by atoms with Crippen LogP contribution in [0.5, 0.6) is 0 Å². The molecule has 0 spiro atoms. The van der Waals surface area contributed by atoms with E-state index in [0.717, 1.165) is 31.7 Å². The Labute approximate surface area is 171 Å². The van der Waals surface area contributed by atoms with E-state index in [4.69, 9.17) is 0 Å². The molecule has 3 aromatic rings. The van der Waals surface area contributed by atoms with Crippen molar-refractivity contribution >= 4 is 11.8 Å². The van der Waals surface area contributed by atoms with Crippen LogP contribution in [0.15, 0.2) is 54.6 Å². The second-order valence-electron chi connectivity index (χ2n) is 7.42. The highest BCUT2D eigenvalue weighted by Crippen LogP contribution is 2.31. The van der Waals surface area contributed by atoms with Crippen LogP contribution in [0.4, 0.5) is 4.39 Å². The summed E-state index contributed by atoms with van der Waals surface area (Å²) in [5.74, 6) is 2.23. The van der Waals surface area contributed by atoms with Gasteiger partial charge in [-0.3, -0.25) is 4.90 Å². The maximum absolute atomic E-state index is 13.5. The number of hydrogen-bond donors (Lipinski definition) is 0. The van der Waals surface area contributed by atoms with Crippen LogP contribution in [-0.2, 0) is 13.0 Å². The molecule has 2 nitrogen and oxygen atoms in total. The summed E-state index contributed by atoms with van der Waals surface area (Å²) in [5.41, 5.74) is 7.37. The second-order valence-corrected chi connectivity index (χ2v) is 8.65.